The first-order valence-corrected chi connectivity index (χ1v) is 11.8. The molecule has 1 heterocycles. The normalized spacial score (nSPS) is 12.3. The number of halogens is 1. The topological polar surface area (TPSA) is 94.2 Å². The predicted octanol–water partition coefficient (Wildman–Crippen LogP) is 3.54. The monoisotopic (exact) mass is 472 g/mol. The standard InChI is InChI=1S/C23H21FN2O6S/c1-33(28,29)26(13-16-4-2-3-5-20(16)24)18-7-9-19(10-8-18)30-14-23(27)25-17-6-11-21-22(12-17)32-15-31-21/h2-12H,13-15H2,1H3,(H,25,27). The number of fused-ring (bicyclic) bond motifs is 1. The third-order valence-corrected chi connectivity index (χ3v) is 5.96. The summed E-state index contributed by atoms with van der Waals surface area (Å²) in [6, 6.07) is 17.2. The van der Waals surface area contributed by atoms with Gasteiger partial charge in [-0.3, -0.25) is 9.10 Å². The summed E-state index contributed by atoms with van der Waals surface area (Å²) in [6.45, 7) is -0.259. The molecule has 0 radical (unpaired) electrons. The first kappa shape index (κ1) is 22.4. The molecule has 33 heavy (non-hydrogen) atoms. The van der Waals surface area contributed by atoms with Crippen molar-refractivity contribution in [1.29, 1.82) is 0 Å². The Morgan fingerprint density at radius 3 is 2.52 bits per heavy atom. The third-order valence-electron chi connectivity index (χ3n) is 4.82. The fourth-order valence-electron chi connectivity index (χ4n) is 3.21. The molecule has 1 N–H and O–H groups in total. The number of amides is 1. The van der Waals surface area contributed by atoms with Crippen LogP contribution in [-0.2, 0) is 21.4 Å². The summed E-state index contributed by atoms with van der Waals surface area (Å²) >= 11 is 0. The lowest BCUT2D eigenvalue weighted by Crippen LogP contribution is -2.29. The molecule has 0 atom stereocenters. The Hall–Kier alpha value is -3.79. The van der Waals surface area contributed by atoms with E-state index in [0.29, 0.717) is 28.6 Å². The van der Waals surface area contributed by atoms with E-state index in [1.807, 2.05) is 0 Å². The van der Waals surface area contributed by atoms with E-state index in [-0.39, 0.29) is 31.4 Å². The van der Waals surface area contributed by atoms with Gasteiger partial charge in [0.05, 0.1) is 18.5 Å². The first-order chi connectivity index (χ1) is 15.8. The Morgan fingerprint density at radius 1 is 1.06 bits per heavy atom. The highest BCUT2D eigenvalue weighted by Gasteiger charge is 2.20. The van der Waals surface area contributed by atoms with Crippen molar-refractivity contribution in [2.45, 2.75) is 6.54 Å². The number of benzene rings is 3. The highest BCUT2D eigenvalue weighted by Crippen LogP contribution is 2.34. The number of carbonyl (C=O) groups excluding carboxylic acids is 1. The molecule has 3 aromatic carbocycles. The van der Waals surface area contributed by atoms with Gasteiger partial charge in [0.1, 0.15) is 11.6 Å². The van der Waals surface area contributed by atoms with Crippen molar-refractivity contribution in [1.82, 2.24) is 0 Å². The number of nitrogens with zero attached hydrogens (tertiary/aromatic N) is 1. The maximum atomic E-state index is 14.0. The molecule has 0 saturated heterocycles. The van der Waals surface area contributed by atoms with Crippen molar-refractivity contribution < 1.29 is 31.8 Å². The van der Waals surface area contributed by atoms with Gasteiger partial charge in [-0.05, 0) is 42.5 Å². The zero-order valence-corrected chi connectivity index (χ0v) is 18.5. The number of carbonyl (C=O) groups is 1. The molecule has 3 aromatic rings. The Morgan fingerprint density at radius 2 is 1.79 bits per heavy atom. The molecule has 10 heteroatoms. The van der Waals surface area contributed by atoms with Crippen LogP contribution in [0.4, 0.5) is 15.8 Å². The van der Waals surface area contributed by atoms with E-state index in [2.05, 4.69) is 5.32 Å². The Kier molecular flexibility index (Phi) is 6.36. The molecule has 172 valence electrons. The number of anilines is 2. The van der Waals surface area contributed by atoms with Gasteiger partial charge in [0, 0.05) is 17.3 Å². The van der Waals surface area contributed by atoms with Crippen molar-refractivity contribution in [3.8, 4) is 17.2 Å². The summed E-state index contributed by atoms with van der Waals surface area (Å²) in [4.78, 5) is 12.2. The molecule has 0 unspecified atom stereocenters. The average molecular weight is 472 g/mol. The fourth-order valence-corrected chi connectivity index (χ4v) is 4.09. The second kappa shape index (κ2) is 9.37. The fraction of sp³-hybridized carbons (Fsp3) is 0.174. The minimum absolute atomic E-state index is 0.142. The van der Waals surface area contributed by atoms with Crippen LogP contribution in [-0.4, -0.2) is 34.0 Å². The molecule has 0 spiro atoms. The lowest BCUT2D eigenvalue weighted by molar-refractivity contribution is -0.118. The summed E-state index contributed by atoms with van der Waals surface area (Å²) in [7, 11) is -3.67. The van der Waals surface area contributed by atoms with Crippen LogP contribution >= 0.6 is 0 Å². The highest BCUT2D eigenvalue weighted by atomic mass is 32.2. The molecule has 4 rings (SSSR count). The smallest absolute Gasteiger partial charge is 0.262 e. The van der Waals surface area contributed by atoms with Gasteiger partial charge in [0.2, 0.25) is 16.8 Å². The number of nitrogens with one attached hydrogen (secondary N) is 1. The van der Waals surface area contributed by atoms with Gasteiger partial charge in [-0.1, -0.05) is 18.2 Å². The quantitative estimate of drug-likeness (QED) is 0.539. The van der Waals surface area contributed by atoms with Gasteiger partial charge in [-0.25, -0.2) is 12.8 Å². The summed E-state index contributed by atoms with van der Waals surface area (Å²) in [5.41, 5.74) is 1.14. The van der Waals surface area contributed by atoms with E-state index in [0.717, 1.165) is 10.6 Å². The lowest BCUT2D eigenvalue weighted by Gasteiger charge is -2.23. The minimum atomic E-state index is -3.67. The molecule has 1 aliphatic rings. The Bertz CT molecular complexity index is 1260. The number of ether oxygens (including phenoxy) is 3. The summed E-state index contributed by atoms with van der Waals surface area (Å²) in [5, 5.41) is 2.70. The van der Waals surface area contributed by atoms with Crippen LogP contribution in [0.3, 0.4) is 0 Å². The van der Waals surface area contributed by atoms with E-state index < -0.39 is 15.8 Å². The second-order valence-corrected chi connectivity index (χ2v) is 9.17. The molecule has 0 aromatic heterocycles. The van der Waals surface area contributed by atoms with E-state index in [9.17, 15) is 17.6 Å². The summed E-state index contributed by atoms with van der Waals surface area (Å²) in [5.74, 6) is 0.673. The molecule has 0 fully saturated rings. The number of hydrogen-bond acceptors (Lipinski definition) is 6. The van der Waals surface area contributed by atoms with Gasteiger partial charge in [0.15, 0.2) is 18.1 Å². The van der Waals surface area contributed by atoms with Crippen LogP contribution < -0.4 is 23.8 Å². The second-order valence-electron chi connectivity index (χ2n) is 7.26. The van der Waals surface area contributed by atoms with Crippen molar-refractivity contribution in [3.05, 3.63) is 78.1 Å². The molecule has 0 aliphatic carbocycles. The molecule has 0 saturated carbocycles. The van der Waals surface area contributed by atoms with Crippen molar-refractivity contribution in [2.24, 2.45) is 0 Å². The Labute approximate surface area is 190 Å². The van der Waals surface area contributed by atoms with Gasteiger partial charge in [-0.2, -0.15) is 0 Å². The van der Waals surface area contributed by atoms with E-state index >= 15 is 0 Å². The predicted molar refractivity (Wildman–Crippen MR) is 121 cm³/mol. The molecule has 8 nitrogen and oxygen atoms in total. The SMILES string of the molecule is CS(=O)(=O)N(Cc1ccccc1F)c1ccc(OCC(=O)Nc2ccc3c(c2)OCO3)cc1. The van der Waals surface area contributed by atoms with Crippen LogP contribution in [0.5, 0.6) is 17.2 Å². The van der Waals surface area contributed by atoms with E-state index in [1.165, 1.54) is 24.3 Å². The van der Waals surface area contributed by atoms with Gasteiger partial charge in [-0.15, -0.1) is 0 Å². The van der Waals surface area contributed by atoms with Crippen LogP contribution in [0.2, 0.25) is 0 Å². The Balaban J connectivity index is 1.38. The van der Waals surface area contributed by atoms with Gasteiger partial charge in [0.25, 0.3) is 5.91 Å². The van der Waals surface area contributed by atoms with Crippen LogP contribution in [0.25, 0.3) is 0 Å². The average Bonchev–Trinajstić information content (AvgIpc) is 3.25. The minimum Gasteiger partial charge on any atom is -0.484 e. The summed E-state index contributed by atoms with van der Waals surface area (Å²) < 4.78 is 55.7. The maximum absolute atomic E-state index is 14.0. The molecule has 1 amide bonds. The van der Waals surface area contributed by atoms with Gasteiger partial charge >= 0.3 is 0 Å². The molecule has 0 bridgehead atoms. The van der Waals surface area contributed by atoms with Crippen LogP contribution in [0.1, 0.15) is 5.56 Å². The zero-order valence-electron chi connectivity index (χ0n) is 17.7. The number of rotatable bonds is 8. The maximum Gasteiger partial charge on any atom is 0.262 e. The highest BCUT2D eigenvalue weighted by molar-refractivity contribution is 7.92. The number of hydrogen-bond donors (Lipinski definition) is 1. The third kappa shape index (κ3) is 5.53. The number of sulfonamides is 1. The molecular formula is C23H21FN2O6S. The van der Waals surface area contributed by atoms with Crippen molar-refractivity contribution in [3.63, 3.8) is 0 Å². The summed E-state index contributed by atoms with van der Waals surface area (Å²) in [6.07, 6.45) is 1.05. The first-order valence-electron chi connectivity index (χ1n) is 9.93. The van der Waals surface area contributed by atoms with Crippen LogP contribution in [0, 0.1) is 5.82 Å². The van der Waals surface area contributed by atoms with Crippen molar-refractivity contribution in [2.75, 3.05) is 29.3 Å². The van der Waals surface area contributed by atoms with E-state index in [4.69, 9.17) is 14.2 Å². The largest absolute Gasteiger partial charge is 0.484 e. The van der Waals surface area contributed by atoms with Crippen LogP contribution in [0.15, 0.2) is 66.7 Å². The van der Waals surface area contributed by atoms with Crippen molar-refractivity contribution >= 4 is 27.3 Å². The van der Waals surface area contributed by atoms with Gasteiger partial charge < -0.3 is 19.5 Å². The zero-order chi connectivity index (χ0) is 23.4. The molecule has 1 aliphatic heterocycles. The lowest BCUT2D eigenvalue weighted by atomic mass is 10.2. The van der Waals surface area contributed by atoms with E-state index in [1.54, 1.807) is 42.5 Å². The molecular weight excluding hydrogens is 451 g/mol.